The average molecular weight is 251 g/mol. The summed E-state index contributed by atoms with van der Waals surface area (Å²) < 4.78 is 0. The SMILES string of the molecule is CCN(CC(=O)NC1CCCCC1)CC(C)C#N. The van der Waals surface area contributed by atoms with Gasteiger partial charge in [-0.1, -0.05) is 26.2 Å². The van der Waals surface area contributed by atoms with Crippen LogP contribution in [0.25, 0.3) is 0 Å². The summed E-state index contributed by atoms with van der Waals surface area (Å²) in [5, 5.41) is 11.9. The maximum atomic E-state index is 11.9. The van der Waals surface area contributed by atoms with Crippen molar-refractivity contribution in [1.82, 2.24) is 10.2 Å². The van der Waals surface area contributed by atoms with Crippen LogP contribution in [0, 0.1) is 17.2 Å². The molecule has 0 aliphatic heterocycles. The number of nitrogens with one attached hydrogen (secondary N) is 1. The zero-order valence-corrected chi connectivity index (χ0v) is 11.6. The molecule has 0 aromatic carbocycles. The summed E-state index contributed by atoms with van der Waals surface area (Å²) in [6, 6.07) is 2.58. The van der Waals surface area contributed by atoms with Crippen LogP contribution >= 0.6 is 0 Å². The molecule has 1 unspecified atom stereocenters. The van der Waals surface area contributed by atoms with Gasteiger partial charge in [-0.25, -0.2) is 0 Å². The van der Waals surface area contributed by atoms with E-state index in [-0.39, 0.29) is 11.8 Å². The van der Waals surface area contributed by atoms with Gasteiger partial charge in [-0.05, 0) is 26.3 Å². The number of nitrogens with zero attached hydrogens (tertiary/aromatic N) is 2. The molecule has 1 rings (SSSR count). The van der Waals surface area contributed by atoms with Crippen LogP contribution in [-0.4, -0.2) is 36.5 Å². The third-order valence-electron chi connectivity index (χ3n) is 3.54. The number of likely N-dealkylation sites (N-methyl/N-ethyl adjacent to an activating group) is 1. The molecule has 1 aliphatic rings. The van der Waals surface area contributed by atoms with Gasteiger partial charge in [-0.3, -0.25) is 9.69 Å². The predicted molar refractivity (Wildman–Crippen MR) is 71.9 cm³/mol. The average Bonchev–Trinajstić information content (AvgIpc) is 2.38. The third-order valence-corrected chi connectivity index (χ3v) is 3.54. The topological polar surface area (TPSA) is 56.1 Å². The van der Waals surface area contributed by atoms with Crippen molar-refractivity contribution in [2.75, 3.05) is 19.6 Å². The highest BCUT2D eigenvalue weighted by Gasteiger charge is 2.17. The molecule has 0 spiro atoms. The van der Waals surface area contributed by atoms with E-state index >= 15 is 0 Å². The number of carbonyl (C=O) groups is 1. The lowest BCUT2D eigenvalue weighted by atomic mass is 9.95. The Hall–Kier alpha value is -1.08. The van der Waals surface area contributed by atoms with Crippen LogP contribution in [0.2, 0.25) is 0 Å². The van der Waals surface area contributed by atoms with Crippen molar-refractivity contribution in [1.29, 1.82) is 5.26 Å². The normalized spacial score (nSPS) is 18.3. The molecular formula is C14H25N3O. The van der Waals surface area contributed by atoms with E-state index in [0.29, 0.717) is 19.1 Å². The van der Waals surface area contributed by atoms with E-state index in [1.54, 1.807) is 0 Å². The van der Waals surface area contributed by atoms with Crippen LogP contribution < -0.4 is 5.32 Å². The first kappa shape index (κ1) is 15.0. The molecule has 0 heterocycles. The van der Waals surface area contributed by atoms with Gasteiger partial charge in [0.2, 0.25) is 5.91 Å². The minimum Gasteiger partial charge on any atom is -0.352 e. The first-order valence-corrected chi connectivity index (χ1v) is 7.07. The highest BCUT2D eigenvalue weighted by atomic mass is 16.2. The summed E-state index contributed by atoms with van der Waals surface area (Å²) in [5.41, 5.74) is 0. The molecule has 0 saturated heterocycles. The summed E-state index contributed by atoms with van der Waals surface area (Å²) in [7, 11) is 0. The largest absolute Gasteiger partial charge is 0.352 e. The summed E-state index contributed by atoms with van der Waals surface area (Å²) >= 11 is 0. The van der Waals surface area contributed by atoms with E-state index in [1.165, 1.54) is 19.3 Å². The van der Waals surface area contributed by atoms with Gasteiger partial charge < -0.3 is 5.32 Å². The van der Waals surface area contributed by atoms with Crippen LogP contribution in [0.4, 0.5) is 0 Å². The molecule has 0 aromatic rings. The number of rotatable bonds is 6. The Balaban J connectivity index is 2.30. The van der Waals surface area contributed by atoms with E-state index in [4.69, 9.17) is 5.26 Å². The Kier molecular flexibility index (Phi) is 6.74. The molecule has 0 bridgehead atoms. The van der Waals surface area contributed by atoms with Crippen molar-refractivity contribution in [3.63, 3.8) is 0 Å². The van der Waals surface area contributed by atoms with Gasteiger partial charge in [0.15, 0.2) is 0 Å². The second-order valence-corrected chi connectivity index (χ2v) is 5.26. The van der Waals surface area contributed by atoms with Gasteiger partial charge in [-0.15, -0.1) is 0 Å². The second kappa shape index (κ2) is 8.10. The van der Waals surface area contributed by atoms with Crippen molar-refractivity contribution >= 4 is 5.91 Å². The van der Waals surface area contributed by atoms with Crippen molar-refractivity contribution in [2.45, 2.75) is 52.0 Å². The van der Waals surface area contributed by atoms with E-state index in [0.717, 1.165) is 19.4 Å². The monoisotopic (exact) mass is 251 g/mol. The molecule has 102 valence electrons. The van der Waals surface area contributed by atoms with Crippen molar-refractivity contribution in [3.8, 4) is 6.07 Å². The fraction of sp³-hybridized carbons (Fsp3) is 0.857. The van der Waals surface area contributed by atoms with Crippen LogP contribution in [0.3, 0.4) is 0 Å². The molecule has 1 saturated carbocycles. The Labute approximate surface area is 110 Å². The molecular weight excluding hydrogens is 226 g/mol. The quantitative estimate of drug-likeness (QED) is 0.784. The van der Waals surface area contributed by atoms with E-state index in [1.807, 2.05) is 18.7 Å². The standard InChI is InChI=1S/C14H25N3O/c1-3-17(10-12(2)9-15)11-14(18)16-13-7-5-4-6-8-13/h12-13H,3-8,10-11H2,1-2H3,(H,16,18). The fourth-order valence-corrected chi connectivity index (χ4v) is 2.46. The molecule has 1 N–H and O–H groups in total. The smallest absolute Gasteiger partial charge is 0.234 e. The minimum absolute atomic E-state index is 0.0209. The third kappa shape index (κ3) is 5.50. The van der Waals surface area contributed by atoms with Gasteiger partial charge in [-0.2, -0.15) is 5.26 Å². The number of hydrogen-bond acceptors (Lipinski definition) is 3. The maximum Gasteiger partial charge on any atom is 0.234 e. The van der Waals surface area contributed by atoms with E-state index in [9.17, 15) is 4.79 Å². The summed E-state index contributed by atoms with van der Waals surface area (Å²) in [6.45, 7) is 5.81. The molecule has 1 aliphatic carbocycles. The van der Waals surface area contributed by atoms with Gasteiger partial charge in [0.25, 0.3) is 0 Å². The first-order chi connectivity index (χ1) is 8.65. The summed E-state index contributed by atoms with van der Waals surface area (Å²) in [4.78, 5) is 13.9. The summed E-state index contributed by atoms with van der Waals surface area (Å²) in [6.07, 6.45) is 5.99. The van der Waals surface area contributed by atoms with E-state index < -0.39 is 0 Å². The second-order valence-electron chi connectivity index (χ2n) is 5.26. The Bertz CT molecular complexity index is 292. The zero-order chi connectivity index (χ0) is 13.4. The molecule has 1 amide bonds. The Morgan fingerprint density at radius 3 is 2.67 bits per heavy atom. The number of amides is 1. The molecule has 0 radical (unpaired) electrons. The molecule has 18 heavy (non-hydrogen) atoms. The van der Waals surface area contributed by atoms with E-state index in [2.05, 4.69) is 11.4 Å². The van der Waals surface area contributed by atoms with Gasteiger partial charge in [0.05, 0.1) is 18.5 Å². The lowest BCUT2D eigenvalue weighted by molar-refractivity contribution is -0.123. The highest BCUT2D eigenvalue weighted by Crippen LogP contribution is 2.17. The minimum atomic E-state index is -0.0209. The fourth-order valence-electron chi connectivity index (χ4n) is 2.46. The van der Waals surface area contributed by atoms with Gasteiger partial charge in [0, 0.05) is 12.6 Å². The molecule has 1 fully saturated rings. The van der Waals surface area contributed by atoms with Gasteiger partial charge in [0.1, 0.15) is 0 Å². The Morgan fingerprint density at radius 2 is 2.11 bits per heavy atom. The molecule has 1 atom stereocenters. The highest BCUT2D eigenvalue weighted by molar-refractivity contribution is 5.78. The lowest BCUT2D eigenvalue weighted by Gasteiger charge is -2.25. The number of nitriles is 1. The van der Waals surface area contributed by atoms with Crippen LogP contribution in [-0.2, 0) is 4.79 Å². The molecule has 0 aromatic heterocycles. The van der Waals surface area contributed by atoms with Crippen LogP contribution in [0.5, 0.6) is 0 Å². The van der Waals surface area contributed by atoms with Crippen LogP contribution in [0.1, 0.15) is 46.0 Å². The lowest BCUT2D eigenvalue weighted by Crippen LogP contribution is -2.43. The predicted octanol–water partition coefficient (Wildman–Crippen LogP) is 1.92. The molecule has 4 heteroatoms. The Morgan fingerprint density at radius 1 is 1.44 bits per heavy atom. The van der Waals surface area contributed by atoms with Crippen molar-refractivity contribution in [3.05, 3.63) is 0 Å². The number of carbonyl (C=O) groups excluding carboxylic acids is 1. The molecule has 4 nitrogen and oxygen atoms in total. The maximum absolute atomic E-state index is 11.9. The summed E-state index contributed by atoms with van der Waals surface area (Å²) in [5.74, 6) is 0.0846. The van der Waals surface area contributed by atoms with Crippen molar-refractivity contribution in [2.24, 2.45) is 5.92 Å². The van der Waals surface area contributed by atoms with Gasteiger partial charge >= 0.3 is 0 Å². The van der Waals surface area contributed by atoms with Crippen LogP contribution in [0.15, 0.2) is 0 Å². The zero-order valence-electron chi connectivity index (χ0n) is 11.6. The number of hydrogen-bond donors (Lipinski definition) is 1. The van der Waals surface area contributed by atoms with Crippen molar-refractivity contribution < 1.29 is 4.79 Å². The first-order valence-electron chi connectivity index (χ1n) is 7.07.